The first-order valence-electron chi connectivity index (χ1n) is 5.61. The molecular weight excluding hydrogens is 214 g/mol. The Kier molecular flexibility index (Phi) is 5.20. The van der Waals surface area contributed by atoms with E-state index in [1.54, 1.807) is 0 Å². The van der Waals surface area contributed by atoms with Crippen LogP contribution in [0, 0.1) is 0 Å². The van der Waals surface area contributed by atoms with Crippen LogP contribution in [0.2, 0.25) is 0 Å². The standard InChI is InChI=1S/C14H19NS/c1-4-13(10-9-12(3)16)15-14-8-6-5-7-11(14)2/h4,6,8-10,15H,5,7H2,1-3H3/b10-9-,13-4+. The van der Waals surface area contributed by atoms with Crippen molar-refractivity contribution >= 4 is 17.1 Å². The maximum absolute atomic E-state index is 5.02. The first kappa shape index (κ1) is 12.9. The molecule has 86 valence electrons. The molecule has 0 heterocycles. The lowest BCUT2D eigenvalue weighted by atomic mass is 10.0. The van der Waals surface area contributed by atoms with Gasteiger partial charge in [0.05, 0.1) is 0 Å². The normalized spacial score (nSPS) is 17.1. The van der Waals surface area contributed by atoms with E-state index in [2.05, 4.69) is 30.5 Å². The minimum absolute atomic E-state index is 0.894. The van der Waals surface area contributed by atoms with Gasteiger partial charge in [0.25, 0.3) is 0 Å². The zero-order valence-corrected chi connectivity index (χ0v) is 11.0. The van der Waals surface area contributed by atoms with Crippen molar-refractivity contribution in [2.24, 2.45) is 0 Å². The van der Waals surface area contributed by atoms with Crippen LogP contribution in [-0.4, -0.2) is 4.86 Å². The fourth-order valence-electron chi connectivity index (χ4n) is 1.50. The lowest BCUT2D eigenvalue weighted by Gasteiger charge is -2.15. The van der Waals surface area contributed by atoms with Crippen LogP contribution in [-0.2, 0) is 0 Å². The highest BCUT2D eigenvalue weighted by molar-refractivity contribution is 7.80. The average molecular weight is 233 g/mol. The molecule has 0 unspecified atom stereocenters. The van der Waals surface area contributed by atoms with E-state index in [-0.39, 0.29) is 0 Å². The van der Waals surface area contributed by atoms with Crippen molar-refractivity contribution in [3.05, 3.63) is 47.3 Å². The monoisotopic (exact) mass is 233 g/mol. The molecule has 16 heavy (non-hydrogen) atoms. The molecule has 1 rings (SSSR count). The van der Waals surface area contributed by atoms with Gasteiger partial charge < -0.3 is 5.32 Å². The fourth-order valence-corrected chi connectivity index (χ4v) is 1.57. The molecule has 0 radical (unpaired) electrons. The Bertz CT molecular complexity index is 384. The van der Waals surface area contributed by atoms with E-state index in [0.717, 1.165) is 23.4 Å². The van der Waals surface area contributed by atoms with Gasteiger partial charge in [-0.05, 0) is 57.4 Å². The summed E-state index contributed by atoms with van der Waals surface area (Å²) in [6.45, 7) is 6.12. The fraction of sp³-hybridized carbons (Fsp3) is 0.357. The van der Waals surface area contributed by atoms with Gasteiger partial charge in [-0.1, -0.05) is 24.4 Å². The van der Waals surface area contributed by atoms with Crippen molar-refractivity contribution in [1.29, 1.82) is 0 Å². The number of hydrogen-bond acceptors (Lipinski definition) is 2. The SMILES string of the molecule is C/C=C(\C=C/C(C)=S)NC1=C(C)CCC=C1. The van der Waals surface area contributed by atoms with E-state index < -0.39 is 0 Å². The third-order valence-corrected chi connectivity index (χ3v) is 2.65. The zero-order chi connectivity index (χ0) is 12.0. The van der Waals surface area contributed by atoms with Gasteiger partial charge >= 0.3 is 0 Å². The summed E-state index contributed by atoms with van der Waals surface area (Å²) in [6, 6.07) is 0. The molecule has 0 saturated carbocycles. The molecule has 0 saturated heterocycles. The van der Waals surface area contributed by atoms with Crippen LogP contribution in [0.15, 0.2) is 47.3 Å². The van der Waals surface area contributed by atoms with Gasteiger partial charge in [0, 0.05) is 16.3 Å². The molecule has 1 aliphatic rings. The van der Waals surface area contributed by atoms with Crippen molar-refractivity contribution in [3.8, 4) is 0 Å². The molecule has 0 spiro atoms. The maximum atomic E-state index is 5.02. The van der Waals surface area contributed by atoms with Crippen LogP contribution in [0.3, 0.4) is 0 Å². The molecule has 1 nitrogen and oxygen atoms in total. The third kappa shape index (κ3) is 4.15. The number of allylic oxidation sites excluding steroid dienone is 6. The Balaban J connectivity index is 2.71. The predicted molar refractivity (Wildman–Crippen MR) is 75.4 cm³/mol. The predicted octanol–water partition coefficient (Wildman–Crippen LogP) is 4.05. The van der Waals surface area contributed by atoms with Gasteiger partial charge in [0.1, 0.15) is 0 Å². The second-order valence-electron chi connectivity index (χ2n) is 3.95. The van der Waals surface area contributed by atoms with Gasteiger partial charge in [0.2, 0.25) is 0 Å². The topological polar surface area (TPSA) is 12.0 Å². The minimum atomic E-state index is 0.894. The van der Waals surface area contributed by atoms with Gasteiger partial charge in [-0.15, -0.1) is 0 Å². The Morgan fingerprint density at radius 2 is 2.19 bits per heavy atom. The molecule has 1 aliphatic carbocycles. The molecule has 0 amide bonds. The molecule has 0 aromatic carbocycles. The van der Waals surface area contributed by atoms with E-state index in [0.29, 0.717) is 0 Å². The molecule has 0 atom stereocenters. The van der Waals surface area contributed by atoms with Crippen LogP contribution in [0.25, 0.3) is 0 Å². The Morgan fingerprint density at radius 1 is 1.44 bits per heavy atom. The summed E-state index contributed by atoms with van der Waals surface area (Å²) in [5.74, 6) is 0. The number of thiocarbonyl (C=S) groups is 1. The van der Waals surface area contributed by atoms with Crippen LogP contribution in [0.4, 0.5) is 0 Å². The van der Waals surface area contributed by atoms with Crippen molar-refractivity contribution in [3.63, 3.8) is 0 Å². The van der Waals surface area contributed by atoms with Crippen molar-refractivity contribution in [1.82, 2.24) is 5.32 Å². The van der Waals surface area contributed by atoms with Crippen molar-refractivity contribution in [2.75, 3.05) is 0 Å². The summed E-state index contributed by atoms with van der Waals surface area (Å²) in [6.07, 6.45) is 12.7. The minimum Gasteiger partial charge on any atom is -0.356 e. The van der Waals surface area contributed by atoms with Crippen molar-refractivity contribution in [2.45, 2.75) is 33.6 Å². The van der Waals surface area contributed by atoms with Gasteiger partial charge in [-0.25, -0.2) is 0 Å². The second kappa shape index (κ2) is 6.44. The highest BCUT2D eigenvalue weighted by Gasteiger charge is 2.03. The summed E-state index contributed by atoms with van der Waals surface area (Å²) in [5.41, 5.74) is 3.71. The highest BCUT2D eigenvalue weighted by Crippen LogP contribution is 2.17. The Morgan fingerprint density at radius 3 is 2.75 bits per heavy atom. The molecule has 0 aromatic rings. The third-order valence-electron chi connectivity index (χ3n) is 2.52. The Labute approximate surface area is 104 Å². The van der Waals surface area contributed by atoms with Crippen LogP contribution < -0.4 is 5.32 Å². The molecular formula is C14H19NS. The summed E-state index contributed by atoms with van der Waals surface area (Å²) in [4.78, 5) is 0.894. The lowest BCUT2D eigenvalue weighted by Crippen LogP contribution is -2.13. The maximum Gasteiger partial charge on any atom is 0.0370 e. The summed E-state index contributed by atoms with van der Waals surface area (Å²) < 4.78 is 0. The summed E-state index contributed by atoms with van der Waals surface area (Å²) in [5, 5.41) is 3.42. The molecule has 0 fully saturated rings. The molecule has 0 aliphatic heterocycles. The molecule has 0 bridgehead atoms. The van der Waals surface area contributed by atoms with E-state index >= 15 is 0 Å². The molecule has 1 N–H and O–H groups in total. The van der Waals surface area contributed by atoms with Crippen molar-refractivity contribution < 1.29 is 0 Å². The number of rotatable bonds is 4. The lowest BCUT2D eigenvalue weighted by molar-refractivity contribution is 0.886. The van der Waals surface area contributed by atoms with Crippen LogP contribution in [0.5, 0.6) is 0 Å². The first-order valence-corrected chi connectivity index (χ1v) is 6.02. The molecule has 2 heteroatoms. The van der Waals surface area contributed by atoms with E-state index in [4.69, 9.17) is 12.2 Å². The first-order chi connectivity index (χ1) is 7.63. The van der Waals surface area contributed by atoms with E-state index in [1.807, 2.05) is 26.0 Å². The van der Waals surface area contributed by atoms with Gasteiger partial charge in [-0.2, -0.15) is 0 Å². The summed E-state index contributed by atoms with van der Waals surface area (Å²) in [7, 11) is 0. The number of hydrogen-bond donors (Lipinski definition) is 1. The van der Waals surface area contributed by atoms with E-state index in [1.165, 1.54) is 11.3 Å². The Hall–Kier alpha value is -1.15. The summed E-state index contributed by atoms with van der Waals surface area (Å²) >= 11 is 5.02. The quantitative estimate of drug-likeness (QED) is 0.446. The largest absolute Gasteiger partial charge is 0.356 e. The van der Waals surface area contributed by atoms with Gasteiger partial charge in [0.15, 0.2) is 0 Å². The van der Waals surface area contributed by atoms with E-state index in [9.17, 15) is 0 Å². The second-order valence-corrected chi connectivity index (χ2v) is 4.59. The van der Waals surface area contributed by atoms with Crippen LogP contribution >= 0.6 is 12.2 Å². The number of nitrogens with one attached hydrogen (secondary N) is 1. The highest BCUT2D eigenvalue weighted by atomic mass is 32.1. The van der Waals surface area contributed by atoms with Gasteiger partial charge in [-0.3, -0.25) is 0 Å². The average Bonchev–Trinajstić information content (AvgIpc) is 2.26. The smallest absolute Gasteiger partial charge is 0.0370 e. The zero-order valence-electron chi connectivity index (χ0n) is 10.2. The molecule has 0 aromatic heterocycles. The van der Waals surface area contributed by atoms with Crippen LogP contribution in [0.1, 0.15) is 33.6 Å².